The summed E-state index contributed by atoms with van der Waals surface area (Å²) in [6, 6.07) is -0.230. The van der Waals surface area contributed by atoms with Gasteiger partial charge in [-0.15, -0.1) is 0 Å². The fourth-order valence-electron chi connectivity index (χ4n) is 2.05. The van der Waals surface area contributed by atoms with Gasteiger partial charge in [0, 0.05) is 13.1 Å². The Balaban J connectivity index is 2.49. The molecule has 1 fully saturated rings. The van der Waals surface area contributed by atoms with Crippen molar-refractivity contribution in [3.05, 3.63) is 0 Å². The number of nitrogens with one attached hydrogen (secondary N) is 1. The number of carbonyl (C=O) groups excluding carboxylic acids is 1. The van der Waals surface area contributed by atoms with Gasteiger partial charge < -0.3 is 20.1 Å². The van der Waals surface area contributed by atoms with Gasteiger partial charge in [-0.05, 0) is 20.8 Å². The van der Waals surface area contributed by atoms with E-state index >= 15 is 0 Å². The molecule has 104 valence electrons. The lowest BCUT2D eigenvalue weighted by Crippen LogP contribution is -2.56. The van der Waals surface area contributed by atoms with Crippen LogP contribution in [0, 0.1) is 5.92 Å². The second-order valence-corrected chi connectivity index (χ2v) is 5.49. The molecule has 0 saturated carbocycles. The normalized spacial score (nSPS) is 24.4. The van der Waals surface area contributed by atoms with Crippen molar-refractivity contribution in [1.29, 1.82) is 0 Å². The van der Waals surface area contributed by atoms with E-state index in [1.165, 1.54) is 0 Å². The van der Waals surface area contributed by atoms with Crippen LogP contribution in [0.1, 0.15) is 27.7 Å². The van der Waals surface area contributed by atoms with Crippen LogP contribution in [0.25, 0.3) is 0 Å². The highest BCUT2D eigenvalue weighted by atomic mass is 16.5. The van der Waals surface area contributed by atoms with Crippen LogP contribution in [-0.2, 0) is 9.53 Å². The number of ether oxygens (including phenoxy) is 1. The summed E-state index contributed by atoms with van der Waals surface area (Å²) in [5.41, 5.74) is -0.368. The van der Waals surface area contributed by atoms with Gasteiger partial charge in [0.1, 0.15) is 0 Å². The number of hydrogen-bond donors (Lipinski definition) is 2. The zero-order chi connectivity index (χ0) is 13.9. The molecular formula is C12H22N2O4. The molecule has 0 bridgehead atoms. The largest absolute Gasteiger partial charge is 0.481 e. The molecule has 0 aromatic heterocycles. The minimum absolute atomic E-state index is 0.0172. The molecule has 2 atom stereocenters. The third kappa shape index (κ3) is 4.18. The maximum Gasteiger partial charge on any atom is 0.317 e. The van der Waals surface area contributed by atoms with Crippen molar-refractivity contribution in [3.8, 4) is 0 Å². The van der Waals surface area contributed by atoms with E-state index in [0.29, 0.717) is 13.1 Å². The first-order chi connectivity index (χ1) is 8.21. The van der Waals surface area contributed by atoms with Crippen LogP contribution in [-0.4, -0.2) is 53.3 Å². The van der Waals surface area contributed by atoms with Crippen molar-refractivity contribution < 1.29 is 19.4 Å². The molecule has 0 radical (unpaired) electrons. The molecule has 2 amide bonds. The molecule has 1 aliphatic heterocycles. The average Bonchev–Trinajstić information content (AvgIpc) is 2.22. The van der Waals surface area contributed by atoms with Crippen LogP contribution in [0.15, 0.2) is 0 Å². The summed E-state index contributed by atoms with van der Waals surface area (Å²) in [6.07, 6.45) is -0.0172. The number of carbonyl (C=O) groups is 2. The summed E-state index contributed by atoms with van der Waals surface area (Å²) in [5, 5.41) is 11.4. The zero-order valence-electron chi connectivity index (χ0n) is 11.4. The van der Waals surface area contributed by atoms with E-state index in [4.69, 9.17) is 9.84 Å². The molecule has 1 aliphatic rings. The first kappa shape index (κ1) is 14.8. The first-order valence-electron chi connectivity index (χ1n) is 6.14. The van der Waals surface area contributed by atoms with Gasteiger partial charge in [-0.25, -0.2) is 4.79 Å². The molecular weight excluding hydrogens is 236 g/mol. The van der Waals surface area contributed by atoms with E-state index in [2.05, 4.69) is 5.32 Å². The molecule has 2 N–H and O–H groups in total. The third-order valence-electron chi connectivity index (χ3n) is 2.84. The SMILES string of the molecule is CC1CN(C(=O)NCC(C)C(=O)O)CC(C)(C)O1. The number of hydrogen-bond acceptors (Lipinski definition) is 3. The van der Waals surface area contributed by atoms with E-state index < -0.39 is 11.9 Å². The summed E-state index contributed by atoms with van der Waals surface area (Å²) in [7, 11) is 0. The highest BCUT2D eigenvalue weighted by molar-refractivity contribution is 5.76. The standard InChI is InChI=1S/C12H22N2O4/c1-8(10(15)16)5-13-11(17)14-6-9(2)18-12(3,4)7-14/h8-9H,5-7H2,1-4H3,(H,13,17)(H,15,16). The lowest BCUT2D eigenvalue weighted by Gasteiger charge is -2.41. The van der Waals surface area contributed by atoms with E-state index in [9.17, 15) is 9.59 Å². The lowest BCUT2D eigenvalue weighted by molar-refractivity contribution is -0.141. The summed E-state index contributed by atoms with van der Waals surface area (Å²) in [5.74, 6) is -1.49. The quantitative estimate of drug-likeness (QED) is 0.789. The molecule has 6 nitrogen and oxygen atoms in total. The van der Waals surface area contributed by atoms with E-state index in [-0.39, 0.29) is 24.3 Å². The van der Waals surface area contributed by atoms with Gasteiger partial charge in [0.25, 0.3) is 0 Å². The number of nitrogens with zero attached hydrogens (tertiary/aromatic N) is 1. The topological polar surface area (TPSA) is 78.9 Å². The Bertz CT molecular complexity index is 330. The van der Waals surface area contributed by atoms with Gasteiger partial charge in [0.05, 0.1) is 24.2 Å². The van der Waals surface area contributed by atoms with Crippen molar-refractivity contribution in [3.63, 3.8) is 0 Å². The third-order valence-corrected chi connectivity index (χ3v) is 2.84. The van der Waals surface area contributed by atoms with Crippen LogP contribution in [0.2, 0.25) is 0 Å². The minimum Gasteiger partial charge on any atom is -0.481 e. The van der Waals surface area contributed by atoms with Crippen LogP contribution < -0.4 is 5.32 Å². The number of rotatable bonds is 3. The van der Waals surface area contributed by atoms with E-state index in [1.807, 2.05) is 20.8 Å². The summed E-state index contributed by atoms with van der Waals surface area (Å²) in [4.78, 5) is 24.3. The molecule has 0 aromatic rings. The molecule has 6 heteroatoms. The van der Waals surface area contributed by atoms with Crippen LogP contribution >= 0.6 is 0 Å². The maximum absolute atomic E-state index is 11.9. The predicted octanol–water partition coefficient (Wildman–Crippen LogP) is 0.916. The molecule has 1 heterocycles. The van der Waals surface area contributed by atoms with Gasteiger partial charge in [-0.3, -0.25) is 4.79 Å². The van der Waals surface area contributed by atoms with Crippen molar-refractivity contribution in [2.75, 3.05) is 19.6 Å². The van der Waals surface area contributed by atoms with Crippen molar-refractivity contribution in [2.45, 2.75) is 39.4 Å². The van der Waals surface area contributed by atoms with Gasteiger partial charge >= 0.3 is 12.0 Å². The second-order valence-electron chi connectivity index (χ2n) is 5.49. The molecule has 1 rings (SSSR count). The summed E-state index contributed by atoms with van der Waals surface area (Å²) >= 11 is 0. The summed E-state index contributed by atoms with van der Waals surface area (Å²) in [6.45, 7) is 8.52. The van der Waals surface area contributed by atoms with Gasteiger partial charge in [-0.1, -0.05) is 6.92 Å². The minimum atomic E-state index is -0.911. The van der Waals surface area contributed by atoms with E-state index in [1.54, 1.807) is 11.8 Å². The molecule has 1 saturated heterocycles. The number of morpholine rings is 1. The maximum atomic E-state index is 11.9. The number of urea groups is 1. The van der Waals surface area contributed by atoms with Crippen molar-refractivity contribution >= 4 is 12.0 Å². The number of carboxylic acid groups (broad SMARTS) is 1. The molecule has 0 spiro atoms. The predicted molar refractivity (Wildman–Crippen MR) is 66.4 cm³/mol. The number of aliphatic carboxylic acids is 1. The Labute approximate surface area is 107 Å². The lowest BCUT2D eigenvalue weighted by atomic mass is 10.1. The molecule has 0 aromatic carbocycles. The number of carboxylic acids is 1. The van der Waals surface area contributed by atoms with Gasteiger partial charge in [-0.2, -0.15) is 0 Å². The average molecular weight is 258 g/mol. The fraction of sp³-hybridized carbons (Fsp3) is 0.833. The Morgan fingerprint density at radius 3 is 2.67 bits per heavy atom. The Hall–Kier alpha value is -1.30. The fourth-order valence-corrected chi connectivity index (χ4v) is 2.05. The Morgan fingerprint density at radius 2 is 2.17 bits per heavy atom. The van der Waals surface area contributed by atoms with Crippen LogP contribution in [0.4, 0.5) is 4.79 Å². The zero-order valence-corrected chi connectivity index (χ0v) is 11.4. The van der Waals surface area contributed by atoms with Crippen LogP contribution in [0.5, 0.6) is 0 Å². The Kier molecular flexibility index (Phi) is 4.56. The van der Waals surface area contributed by atoms with Gasteiger partial charge in [0.15, 0.2) is 0 Å². The first-order valence-corrected chi connectivity index (χ1v) is 6.14. The molecule has 18 heavy (non-hydrogen) atoms. The second kappa shape index (κ2) is 5.56. The highest BCUT2D eigenvalue weighted by Crippen LogP contribution is 2.20. The number of amides is 2. The molecule has 0 aliphatic carbocycles. The molecule has 2 unspecified atom stereocenters. The van der Waals surface area contributed by atoms with Crippen molar-refractivity contribution in [2.24, 2.45) is 5.92 Å². The monoisotopic (exact) mass is 258 g/mol. The van der Waals surface area contributed by atoms with E-state index in [0.717, 1.165) is 0 Å². The van der Waals surface area contributed by atoms with Crippen LogP contribution in [0.3, 0.4) is 0 Å². The van der Waals surface area contributed by atoms with Gasteiger partial charge in [0.2, 0.25) is 0 Å². The highest BCUT2D eigenvalue weighted by Gasteiger charge is 2.33. The Morgan fingerprint density at radius 1 is 1.56 bits per heavy atom. The summed E-state index contributed by atoms with van der Waals surface area (Å²) < 4.78 is 5.70. The van der Waals surface area contributed by atoms with Crippen molar-refractivity contribution in [1.82, 2.24) is 10.2 Å². The smallest absolute Gasteiger partial charge is 0.317 e.